The standard InChI is InChI=1S/C8H6BrFIN2P.C8H10N4.C2H6/c1-4-8-6(10)2-5(9)3-7(8)13(12-4)14-11;1-5-3-12-4-7(9)11-8(12)6(2)10-5;1-2/h2-3,14H,1H3;3-4H,9H2,1-2H3;1-2H3. The van der Waals surface area contributed by atoms with Crippen molar-refractivity contribution in [2.24, 2.45) is 0 Å². The summed E-state index contributed by atoms with van der Waals surface area (Å²) in [6.45, 7) is 9.70. The second-order valence-electron chi connectivity index (χ2n) is 5.73. The van der Waals surface area contributed by atoms with Crippen molar-refractivity contribution in [3.8, 4) is 0 Å². The fourth-order valence-corrected chi connectivity index (χ4v) is 4.70. The summed E-state index contributed by atoms with van der Waals surface area (Å²) in [5, 5.41) is 4.89. The van der Waals surface area contributed by atoms with Gasteiger partial charge in [0.2, 0.25) is 0 Å². The van der Waals surface area contributed by atoms with E-state index in [1.165, 1.54) is 6.07 Å². The summed E-state index contributed by atoms with van der Waals surface area (Å²) in [5.74, 6) is 0.318. The molecule has 0 aliphatic carbocycles. The summed E-state index contributed by atoms with van der Waals surface area (Å²) in [6, 6.07) is 3.36. The number of fused-ring (bicyclic) bond motifs is 2. The molecule has 0 saturated carbocycles. The molecule has 10 heteroatoms. The van der Waals surface area contributed by atoms with Gasteiger partial charge in [0.25, 0.3) is 0 Å². The average molecular weight is 579 g/mol. The Kier molecular flexibility index (Phi) is 8.15. The molecular weight excluding hydrogens is 557 g/mol. The predicted octanol–water partition coefficient (Wildman–Crippen LogP) is 5.99. The maximum atomic E-state index is 13.6. The van der Waals surface area contributed by atoms with Gasteiger partial charge in [-0.3, -0.25) is 4.98 Å². The van der Waals surface area contributed by atoms with Crippen molar-refractivity contribution in [1.82, 2.24) is 23.9 Å². The van der Waals surface area contributed by atoms with Gasteiger partial charge in [-0.25, -0.2) is 13.8 Å². The van der Waals surface area contributed by atoms with E-state index in [2.05, 4.69) is 53.0 Å². The third-order valence-corrected chi connectivity index (χ3v) is 6.03. The van der Waals surface area contributed by atoms with E-state index in [1.807, 2.05) is 55.7 Å². The smallest absolute Gasteiger partial charge is 0.160 e. The third-order valence-electron chi connectivity index (χ3n) is 3.70. The van der Waals surface area contributed by atoms with Gasteiger partial charge in [0.1, 0.15) is 11.6 Å². The maximum Gasteiger partial charge on any atom is 0.160 e. The van der Waals surface area contributed by atoms with E-state index >= 15 is 0 Å². The number of anilines is 1. The summed E-state index contributed by atoms with van der Waals surface area (Å²) in [5.41, 5.74) is 9.85. The van der Waals surface area contributed by atoms with Gasteiger partial charge in [-0.15, -0.1) is 0 Å². The van der Waals surface area contributed by atoms with Crippen LogP contribution in [0.25, 0.3) is 16.6 Å². The summed E-state index contributed by atoms with van der Waals surface area (Å²) < 4.78 is 18.0. The van der Waals surface area contributed by atoms with Crippen LogP contribution in [0.4, 0.5) is 10.2 Å². The second kappa shape index (κ2) is 9.93. The minimum Gasteiger partial charge on any atom is -0.382 e. The Bertz CT molecular complexity index is 1110. The van der Waals surface area contributed by atoms with Crippen LogP contribution in [0.2, 0.25) is 0 Å². The normalized spacial score (nSPS) is 10.9. The molecule has 3 aromatic heterocycles. The van der Waals surface area contributed by atoms with Crippen LogP contribution < -0.4 is 5.73 Å². The summed E-state index contributed by atoms with van der Waals surface area (Å²) in [7, 11) is 0. The lowest BCUT2D eigenvalue weighted by atomic mass is 10.2. The number of nitrogens with zero attached hydrogens (tertiary/aromatic N) is 5. The second-order valence-corrected chi connectivity index (χ2v) is 8.68. The fraction of sp³-hybridized carbons (Fsp3) is 0.278. The van der Waals surface area contributed by atoms with Crippen molar-refractivity contribution < 1.29 is 4.39 Å². The van der Waals surface area contributed by atoms with Gasteiger partial charge >= 0.3 is 0 Å². The van der Waals surface area contributed by atoms with E-state index in [0.717, 1.165) is 32.7 Å². The molecule has 3 heterocycles. The van der Waals surface area contributed by atoms with Gasteiger partial charge in [-0.2, -0.15) is 5.10 Å². The van der Waals surface area contributed by atoms with Crippen molar-refractivity contribution in [2.45, 2.75) is 34.6 Å². The van der Waals surface area contributed by atoms with Gasteiger partial charge in [0, 0.05) is 10.7 Å². The lowest BCUT2D eigenvalue weighted by Gasteiger charge is -1.98. The molecule has 0 radical (unpaired) electrons. The first-order valence-corrected chi connectivity index (χ1v) is 13.4. The minimum atomic E-state index is -0.215. The highest BCUT2D eigenvalue weighted by molar-refractivity contribution is 14.2. The highest BCUT2D eigenvalue weighted by atomic mass is 127. The average Bonchev–Trinajstić information content (AvgIpc) is 3.16. The van der Waals surface area contributed by atoms with Crippen molar-refractivity contribution >= 4 is 66.7 Å². The number of hydrogen-bond donors (Lipinski definition) is 1. The molecule has 4 rings (SSSR count). The molecule has 28 heavy (non-hydrogen) atoms. The molecule has 2 N–H and O–H groups in total. The van der Waals surface area contributed by atoms with Crippen molar-refractivity contribution in [3.63, 3.8) is 0 Å². The van der Waals surface area contributed by atoms with E-state index in [0.29, 0.717) is 17.6 Å². The molecule has 150 valence electrons. The number of hydrogen-bond acceptors (Lipinski definition) is 4. The lowest BCUT2D eigenvalue weighted by molar-refractivity contribution is 0.638. The third kappa shape index (κ3) is 4.99. The van der Waals surface area contributed by atoms with Crippen LogP contribution in [-0.4, -0.2) is 23.9 Å². The zero-order chi connectivity index (χ0) is 21.0. The zero-order valence-electron chi connectivity index (χ0n) is 16.3. The van der Waals surface area contributed by atoms with E-state index < -0.39 is 0 Å². The van der Waals surface area contributed by atoms with Crippen LogP contribution in [0.5, 0.6) is 0 Å². The van der Waals surface area contributed by atoms with Gasteiger partial charge in [0.15, 0.2) is 5.65 Å². The first-order chi connectivity index (χ1) is 13.3. The summed E-state index contributed by atoms with van der Waals surface area (Å²) in [6.07, 6.45) is 4.18. The molecular formula is C18H22BrFIN6P. The monoisotopic (exact) mass is 578 g/mol. The molecule has 6 nitrogen and oxygen atoms in total. The number of halogens is 3. The minimum absolute atomic E-state index is 0.215. The van der Waals surface area contributed by atoms with Gasteiger partial charge in [0.05, 0.1) is 40.6 Å². The summed E-state index contributed by atoms with van der Waals surface area (Å²) >= 11 is 5.50. The molecule has 0 fully saturated rings. The first kappa shape index (κ1) is 23.0. The molecule has 0 amide bonds. The Morgan fingerprint density at radius 2 is 1.79 bits per heavy atom. The van der Waals surface area contributed by atoms with Gasteiger partial charge in [-0.05, 0) is 54.9 Å². The predicted molar refractivity (Wildman–Crippen MR) is 128 cm³/mol. The van der Waals surface area contributed by atoms with Gasteiger partial charge in [-0.1, -0.05) is 29.8 Å². The maximum absolute atomic E-state index is 13.6. The quantitative estimate of drug-likeness (QED) is 0.222. The van der Waals surface area contributed by atoms with E-state index in [1.54, 1.807) is 6.20 Å². The molecule has 1 atom stereocenters. The molecule has 0 spiro atoms. The Balaban J connectivity index is 0.000000186. The van der Waals surface area contributed by atoms with Crippen LogP contribution in [0.15, 0.2) is 29.0 Å². The Hall–Kier alpha value is -1.32. The molecule has 0 bridgehead atoms. The molecule has 4 aromatic rings. The number of aromatic nitrogens is 5. The van der Waals surface area contributed by atoms with E-state index in [9.17, 15) is 4.39 Å². The van der Waals surface area contributed by atoms with Crippen LogP contribution in [0, 0.1) is 26.6 Å². The van der Waals surface area contributed by atoms with Crippen LogP contribution >= 0.6 is 44.3 Å². The molecule has 0 saturated heterocycles. The number of benzene rings is 1. The Morgan fingerprint density at radius 3 is 2.43 bits per heavy atom. The van der Waals surface area contributed by atoms with Crippen LogP contribution in [0.1, 0.15) is 30.9 Å². The number of nitrogen functional groups attached to an aromatic ring is 1. The van der Waals surface area contributed by atoms with E-state index in [-0.39, 0.29) is 5.82 Å². The van der Waals surface area contributed by atoms with E-state index in [4.69, 9.17) is 5.73 Å². The molecule has 1 unspecified atom stereocenters. The Morgan fingerprint density at radius 1 is 1.11 bits per heavy atom. The molecule has 0 aliphatic rings. The van der Waals surface area contributed by atoms with Crippen molar-refractivity contribution in [3.05, 3.63) is 51.9 Å². The number of nitrogens with two attached hydrogens (primary N) is 1. The van der Waals surface area contributed by atoms with Crippen molar-refractivity contribution in [1.29, 1.82) is 0 Å². The number of aryl methyl sites for hydroxylation is 3. The fourth-order valence-electron chi connectivity index (χ4n) is 2.73. The number of imidazole rings is 1. The lowest BCUT2D eigenvalue weighted by Crippen LogP contribution is -1.93. The van der Waals surface area contributed by atoms with Crippen molar-refractivity contribution in [2.75, 3.05) is 5.73 Å². The highest BCUT2D eigenvalue weighted by Crippen LogP contribution is 2.33. The van der Waals surface area contributed by atoms with Gasteiger partial charge < -0.3 is 10.1 Å². The SMILES string of the molecule is CC.Cc1cn2cc(N)nc2c(C)n1.Cc1nn(PI)c2cc(Br)cc(F)c12. The molecule has 1 aromatic carbocycles. The topological polar surface area (TPSA) is 74.0 Å². The first-order valence-electron chi connectivity index (χ1n) is 8.59. The number of rotatable bonds is 1. The highest BCUT2D eigenvalue weighted by Gasteiger charge is 2.12. The van der Waals surface area contributed by atoms with Crippen LogP contribution in [0.3, 0.4) is 0 Å². The largest absolute Gasteiger partial charge is 0.382 e. The van der Waals surface area contributed by atoms with Crippen LogP contribution in [-0.2, 0) is 0 Å². The summed E-state index contributed by atoms with van der Waals surface area (Å²) in [4.78, 5) is 8.41. The Labute approximate surface area is 186 Å². The molecule has 0 aliphatic heterocycles. The zero-order valence-corrected chi connectivity index (χ0v) is 21.0.